The molecule has 0 amide bonds. The van der Waals surface area contributed by atoms with E-state index >= 15 is 0 Å². The number of hydrogen-bond donors (Lipinski definition) is 1. The molecular formula is C23H28N2O. The van der Waals surface area contributed by atoms with Gasteiger partial charge in [0.1, 0.15) is 0 Å². The molecule has 0 aliphatic carbocycles. The molecule has 2 heterocycles. The third kappa shape index (κ3) is 4.35. The second kappa shape index (κ2) is 8.07. The van der Waals surface area contributed by atoms with E-state index in [2.05, 4.69) is 58.3 Å². The van der Waals surface area contributed by atoms with Crippen molar-refractivity contribution in [1.82, 2.24) is 9.47 Å². The van der Waals surface area contributed by atoms with E-state index in [4.69, 9.17) is 0 Å². The van der Waals surface area contributed by atoms with Gasteiger partial charge in [0.25, 0.3) is 0 Å². The smallest absolute Gasteiger partial charge is 0.0707 e. The lowest BCUT2D eigenvalue weighted by Crippen LogP contribution is -2.40. The molecule has 3 aromatic rings. The van der Waals surface area contributed by atoms with E-state index < -0.39 is 0 Å². The molecule has 136 valence electrons. The Kier molecular flexibility index (Phi) is 5.37. The van der Waals surface area contributed by atoms with E-state index in [0.717, 1.165) is 38.5 Å². The molecule has 4 rings (SSSR count). The lowest BCUT2D eigenvalue weighted by molar-refractivity contribution is 0.0868. The first-order chi connectivity index (χ1) is 12.8. The van der Waals surface area contributed by atoms with Crippen molar-refractivity contribution >= 4 is 10.8 Å². The lowest BCUT2D eigenvalue weighted by atomic mass is 9.96. The molecule has 0 bridgehead atoms. The molecule has 0 saturated carbocycles. The molecule has 3 heteroatoms. The Morgan fingerprint density at radius 3 is 2.15 bits per heavy atom. The fourth-order valence-corrected chi connectivity index (χ4v) is 4.14. The lowest BCUT2D eigenvalue weighted by Gasteiger charge is -2.33. The van der Waals surface area contributed by atoms with Crippen molar-refractivity contribution in [2.45, 2.75) is 31.9 Å². The normalized spacial score (nSPS) is 17.6. The second-order valence-corrected chi connectivity index (χ2v) is 7.67. The fourth-order valence-electron chi connectivity index (χ4n) is 4.14. The van der Waals surface area contributed by atoms with Crippen molar-refractivity contribution < 1.29 is 5.11 Å². The minimum atomic E-state index is -0.274. The fraction of sp³-hybridized carbons (Fsp3) is 0.391. The van der Waals surface area contributed by atoms with Crippen LogP contribution < -0.4 is 0 Å². The van der Waals surface area contributed by atoms with Gasteiger partial charge in [-0.05, 0) is 54.6 Å². The van der Waals surface area contributed by atoms with E-state index in [1.54, 1.807) is 0 Å². The van der Waals surface area contributed by atoms with Gasteiger partial charge in [-0.1, -0.05) is 54.6 Å². The Morgan fingerprint density at radius 1 is 0.885 bits per heavy atom. The molecule has 1 fully saturated rings. The molecule has 1 aliphatic heterocycles. The molecule has 1 aromatic heterocycles. The van der Waals surface area contributed by atoms with Gasteiger partial charge in [0.2, 0.25) is 0 Å². The molecule has 1 unspecified atom stereocenters. The molecule has 2 aromatic carbocycles. The average molecular weight is 348 g/mol. The summed E-state index contributed by atoms with van der Waals surface area (Å²) in [5.41, 5.74) is 1.22. The van der Waals surface area contributed by atoms with E-state index in [-0.39, 0.29) is 6.10 Å². The first kappa shape index (κ1) is 17.3. The van der Waals surface area contributed by atoms with E-state index in [1.807, 2.05) is 18.2 Å². The number of β-amino-alcohol motifs (C(OH)–C–C–N with tert-alkyl or cyclic N) is 1. The molecule has 3 nitrogen and oxygen atoms in total. The number of piperidine rings is 1. The minimum absolute atomic E-state index is 0.274. The Labute approximate surface area is 155 Å². The van der Waals surface area contributed by atoms with Crippen molar-refractivity contribution in [2.75, 3.05) is 19.6 Å². The molecule has 1 saturated heterocycles. The summed E-state index contributed by atoms with van der Waals surface area (Å²) >= 11 is 0. The molecule has 0 radical (unpaired) electrons. The number of likely N-dealkylation sites (tertiary alicyclic amines) is 1. The third-order valence-corrected chi connectivity index (χ3v) is 5.57. The summed E-state index contributed by atoms with van der Waals surface area (Å²) < 4.78 is 2.36. The van der Waals surface area contributed by atoms with Crippen molar-refractivity contribution in [3.63, 3.8) is 0 Å². The Morgan fingerprint density at radius 2 is 1.50 bits per heavy atom. The number of aliphatic hydroxyl groups is 1. The average Bonchev–Trinajstić information content (AvgIpc) is 3.06. The zero-order valence-electron chi connectivity index (χ0n) is 15.3. The highest BCUT2D eigenvalue weighted by molar-refractivity contribution is 5.82. The summed E-state index contributed by atoms with van der Waals surface area (Å²) in [6.45, 7) is 4.08. The largest absolute Gasteiger partial charge is 0.391 e. The van der Waals surface area contributed by atoms with Gasteiger partial charge in [-0.25, -0.2) is 0 Å². The predicted molar refractivity (Wildman–Crippen MR) is 107 cm³/mol. The van der Waals surface area contributed by atoms with Gasteiger partial charge in [-0.2, -0.15) is 0 Å². The van der Waals surface area contributed by atoms with Crippen LogP contribution >= 0.6 is 0 Å². The maximum Gasteiger partial charge on any atom is 0.0707 e. The van der Waals surface area contributed by atoms with Crippen LogP contribution in [0.5, 0.6) is 0 Å². The number of nitrogens with zero attached hydrogens (tertiary/aromatic N) is 2. The van der Waals surface area contributed by atoms with Gasteiger partial charge >= 0.3 is 0 Å². The first-order valence-corrected chi connectivity index (χ1v) is 9.75. The topological polar surface area (TPSA) is 28.4 Å². The van der Waals surface area contributed by atoms with Crippen LogP contribution in [-0.2, 0) is 13.0 Å². The van der Waals surface area contributed by atoms with E-state index in [1.165, 1.54) is 29.2 Å². The van der Waals surface area contributed by atoms with Crippen LogP contribution in [0.3, 0.4) is 0 Å². The summed E-state index contributed by atoms with van der Waals surface area (Å²) in [4.78, 5) is 2.43. The van der Waals surface area contributed by atoms with Gasteiger partial charge in [0.15, 0.2) is 0 Å². The summed E-state index contributed by atoms with van der Waals surface area (Å²) in [5.74, 6) is 0.735. The molecular weight excluding hydrogens is 320 g/mol. The number of rotatable bonds is 6. The Bertz CT molecular complexity index is 785. The molecule has 1 aliphatic rings. The van der Waals surface area contributed by atoms with Crippen LogP contribution in [0.2, 0.25) is 0 Å². The standard InChI is InChI=1S/C23H28N2O/c26-23(14-19-6-2-1-3-7-19)18-24-12-10-20(11-13-24)15-25-16-21-8-4-5-9-22(21)17-25/h1-9,16-17,20,23,26H,10-15,18H2. The maximum atomic E-state index is 10.4. The van der Waals surface area contributed by atoms with Crippen LogP contribution in [-0.4, -0.2) is 40.3 Å². The van der Waals surface area contributed by atoms with Gasteiger partial charge in [-0.3, -0.25) is 0 Å². The summed E-state index contributed by atoms with van der Waals surface area (Å²) in [5, 5.41) is 13.0. The number of benzene rings is 2. The zero-order valence-corrected chi connectivity index (χ0v) is 15.3. The van der Waals surface area contributed by atoms with Gasteiger partial charge in [-0.15, -0.1) is 0 Å². The predicted octanol–water partition coefficient (Wildman–Crippen LogP) is 3.96. The van der Waals surface area contributed by atoms with Crippen LogP contribution in [0, 0.1) is 5.92 Å². The Hall–Kier alpha value is -2.10. The number of aromatic nitrogens is 1. The summed E-state index contributed by atoms with van der Waals surface area (Å²) in [7, 11) is 0. The number of fused-ring (bicyclic) bond motifs is 1. The third-order valence-electron chi connectivity index (χ3n) is 5.57. The maximum absolute atomic E-state index is 10.4. The zero-order chi connectivity index (χ0) is 17.8. The molecule has 26 heavy (non-hydrogen) atoms. The highest BCUT2D eigenvalue weighted by atomic mass is 16.3. The Balaban J connectivity index is 1.24. The first-order valence-electron chi connectivity index (χ1n) is 9.75. The summed E-state index contributed by atoms with van der Waals surface area (Å²) in [6.07, 6.45) is 7.44. The summed E-state index contributed by atoms with van der Waals surface area (Å²) in [6, 6.07) is 18.9. The van der Waals surface area contributed by atoms with Crippen LogP contribution in [0.15, 0.2) is 67.0 Å². The van der Waals surface area contributed by atoms with Gasteiger partial charge in [0, 0.05) is 25.5 Å². The van der Waals surface area contributed by atoms with Crippen molar-refractivity contribution in [2.24, 2.45) is 5.92 Å². The highest BCUT2D eigenvalue weighted by Gasteiger charge is 2.21. The van der Waals surface area contributed by atoms with E-state index in [9.17, 15) is 5.11 Å². The number of hydrogen-bond acceptors (Lipinski definition) is 2. The van der Waals surface area contributed by atoms with Gasteiger partial charge in [0.05, 0.1) is 6.10 Å². The van der Waals surface area contributed by atoms with Crippen LogP contribution in [0.4, 0.5) is 0 Å². The van der Waals surface area contributed by atoms with E-state index in [0.29, 0.717) is 0 Å². The number of aliphatic hydroxyl groups excluding tert-OH is 1. The SMILES string of the molecule is OC(Cc1ccccc1)CN1CCC(Cn2cc3ccccc3c2)CC1. The van der Waals surface area contributed by atoms with Crippen molar-refractivity contribution in [3.05, 3.63) is 72.6 Å². The molecule has 1 atom stereocenters. The minimum Gasteiger partial charge on any atom is -0.391 e. The monoisotopic (exact) mass is 348 g/mol. The van der Waals surface area contributed by atoms with Crippen molar-refractivity contribution in [3.8, 4) is 0 Å². The van der Waals surface area contributed by atoms with Crippen molar-refractivity contribution in [1.29, 1.82) is 0 Å². The second-order valence-electron chi connectivity index (χ2n) is 7.67. The molecule has 1 N–H and O–H groups in total. The highest BCUT2D eigenvalue weighted by Crippen LogP contribution is 2.22. The molecule has 0 spiro atoms. The quantitative estimate of drug-likeness (QED) is 0.730. The van der Waals surface area contributed by atoms with Gasteiger partial charge < -0.3 is 14.6 Å². The van der Waals surface area contributed by atoms with Crippen LogP contribution in [0.1, 0.15) is 18.4 Å². The van der Waals surface area contributed by atoms with Crippen LogP contribution in [0.25, 0.3) is 10.8 Å².